The molecule has 0 spiro atoms. The van der Waals surface area contributed by atoms with Crippen molar-refractivity contribution in [2.75, 3.05) is 19.6 Å². The summed E-state index contributed by atoms with van der Waals surface area (Å²) in [7, 11) is 0. The van der Waals surface area contributed by atoms with Crippen LogP contribution in [-0.2, 0) is 11.0 Å². The zero-order valence-electron chi connectivity index (χ0n) is 15.5. The first-order valence-electron chi connectivity index (χ1n) is 9.29. The number of hydrogen-bond donors (Lipinski definition) is 1. The minimum absolute atomic E-state index is 0.0209. The molecular formula is C18H17BrClF3N4O3. The van der Waals surface area contributed by atoms with E-state index in [4.69, 9.17) is 11.6 Å². The molecule has 7 nitrogen and oxygen atoms in total. The molecule has 0 aromatic carbocycles. The van der Waals surface area contributed by atoms with Crippen molar-refractivity contribution in [3.63, 3.8) is 0 Å². The molecule has 2 aromatic rings. The lowest BCUT2D eigenvalue weighted by molar-refractivity contribution is -0.136. The molecule has 4 heterocycles. The SMILES string of the molecule is O=C(c1nc2c(C(F)(F)F)cc(Br)cn2c1Cl)N1CCC(N2CCCC2=O)C(O)C1. The second-order valence-corrected chi connectivity index (χ2v) is 8.65. The van der Waals surface area contributed by atoms with Crippen LogP contribution in [0.4, 0.5) is 13.2 Å². The van der Waals surface area contributed by atoms with Crippen LogP contribution in [0.25, 0.3) is 5.65 Å². The maximum absolute atomic E-state index is 13.4. The molecule has 2 amide bonds. The summed E-state index contributed by atoms with van der Waals surface area (Å²) in [5.41, 5.74) is -1.82. The van der Waals surface area contributed by atoms with Gasteiger partial charge in [0.25, 0.3) is 5.91 Å². The summed E-state index contributed by atoms with van der Waals surface area (Å²) in [6.45, 7) is 0.736. The van der Waals surface area contributed by atoms with E-state index in [0.717, 1.165) is 16.9 Å². The van der Waals surface area contributed by atoms with Crippen LogP contribution in [0, 0.1) is 0 Å². The number of alkyl halides is 3. The molecule has 30 heavy (non-hydrogen) atoms. The third-order valence-corrected chi connectivity index (χ3v) is 6.28. The third kappa shape index (κ3) is 3.67. The minimum Gasteiger partial charge on any atom is -0.389 e. The molecule has 0 saturated carbocycles. The fraction of sp³-hybridized carbons (Fsp3) is 0.500. The Kier molecular flexibility index (Phi) is 5.48. The monoisotopic (exact) mass is 508 g/mol. The summed E-state index contributed by atoms with van der Waals surface area (Å²) in [5, 5.41) is 10.3. The highest BCUT2D eigenvalue weighted by atomic mass is 79.9. The molecule has 0 aliphatic carbocycles. The summed E-state index contributed by atoms with van der Waals surface area (Å²) in [6.07, 6.45) is -2.80. The van der Waals surface area contributed by atoms with Crippen molar-refractivity contribution in [1.29, 1.82) is 0 Å². The van der Waals surface area contributed by atoms with Gasteiger partial charge in [-0.2, -0.15) is 13.2 Å². The number of rotatable bonds is 2. The Labute approximate surface area is 182 Å². The van der Waals surface area contributed by atoms with Gasteiger partial charge in [0.2, 0.25) is 5.91 Å². The molecule has 2 unspecified atom stereocenters. The number of imidazole rings is 1. The smallest absolute Gasteiger partial charge is 0.389 e. The lowest BCUT2D eigenvalue weighted by Gasteiger charge is -2.40. The van der Waals surface area contributed by atoms with Crippen molar-refractivity contribution in [2.45, 2.75) is 37.6 Å². The zero-order valence-corrected chi connectivity index (χ0v) is 17.8. The predicted octanol–water partition coefficient (Wildman–Crippen LogP) is 2.97. The molecule has 2 aliphatic heterocycles. The van der Waals surface area contributed by atoms with Crippen molar-refractivity contribution >= 4 is 45.0 Å². The van der Waals surface area contributed by atoms with Gasteiger partial charge in [-0.05, 0) is 34.8 Å². The van der Waals surface area contributed by atoms with Crippen LogP contribution in [0.5, 0.6) is 0 Å². The molecule has 4 rings (SSSR count). The van der Waals surface area contributed by atoms with E-state index in [1.54, 1.807) is 4.90 Å². The Morgan fingerprint density at radius 2 is 2.07 bits per heavy atom. The Morgan fingerprint density at radius 1 is 1.33 bits per heavy atom. The fourth-order valence-corrected chi connectivity index (χ4v) is 4.75. The van der Waals surface area contributed by atoms with Gasteiger partial charge in [0, 0.05) is 36.7 Å². The van der Waals surface area contributed by atoms with E-state index in [-0.39, 0.29) is 40.4 Å². The molecular weight excluding hydrogens is 493 g/mol. The van der Waals surface area contributed by atoms with Gasteiger partial charge in [0.15, 0.2) is 11.3 Å². The van der Waals surface area contributed by atoms with Crippen LogP contribution in [-0.4, -0.2) is 67.9 Å². The number of fused-ring (bicyclic) bond motifs is 1. The van der Waals surface area contributed by atoms with E-state index in [2.05, 4.69) is 20.9 Å². The lowest BCUT2D eigenvalue weighted by Crippen LogP contribution is -2.55. The van der Waals surface area contributed by atoms with E-state index in [0.29, 0.717) is 19.4 Å². The van der Waals surface area contributed by atoms with Crippen LogP contribution >= 0.6 is 27.5 Å². The normalized spacial score (nSPS) is 22.9. The zero-order chi connectivity index (χ0) is 21.8. The topological polar surface area (TPSA) is 78.2 Å². The summed E-state index contributed by atoms with van der Waals surface area (Å²) < 4.78 is 41.3. The maximum atomic E-state index is 13.4. The van der Waals surface area contributed by atoms with Crippen molar-refractivity contribution in [1.82, 2.24) is 19.2 Å². The molecule has 0 radical (unpaired) electrons. The second-order valence-electron chi connectivity index (χ2n) is 7.38. The molecule has 0 bridgehead atoms. The number of aliphatic hydroxyl groups excluding tert-OH is 1. The van der Waals surface area contributed by atoms with Crippen molar-refractivity contribution in [2.24, 2.45) is 0 Å². The van der Waals surface area contributed by atoms with Gasteiger partial charge < -0.3 is 14.9 Å². The number of carbonyl (C=O) groups excluding carboxylic acids is 2. The van der Waals surface area contributed by atoms with E-state index < -0.39 is 29.4 Å². The Bertz CT molecular complexity index is 1030. The highest BCUT2D eigenvalue weighted by molar-refractivity contribution is 9.10. The highest BCUT2D eigenvalue weighted by Crippen LogP contribution is 2.36. The van der Waals surface area contributed by atoms with E-state index >= 15 is 0 Å². The van der Waals surface area contributed by atoms with Crippen LogP contribution in [0.15, 0.2) is 16.7 Å². The maximum Gasteiger partial charge on any atom is 0.420 e. The number of piperidine rings is 1. The number of nitrogens with zero attached hydrogens (tertiary/aromatic N) is 4. The predicted molar refractivity (Wildman–Crippen MR) is 104 cm³/mol. The van der Waals surface area contributed by atoms with Crippen molar-refractivity contribution in [3.8, 4) is 0 Å². The Morgan fingerprint density at radius 3 is 2.67 bits per heavy atom. The summed E-state index contributed by atoms with van der Waals surface area (Å²) in [5.74, 6) is -0.689. The van der Waals surface area contributed by atoms with Gasteiger partial charge in [-0.25, -0.2) is 4.98 Å². The van der Waals surface area contributed by atoms with Crippen LogP contribution < -0.4 is 0 Å². The number of amides is 2. The van der Waals surface area contributed by atoms with E-state index in [9.17, 15) is 27.9 Å². The second kappa shape index (κ2) is 7.69. The van der Waals surface area contributed by atoms with Crippen molar-refractivity contribution < 1.29 is 27.9 Å². The average Bonchev–Trinajstić information content (AvgIpc) is 3.23. The summed E-state index contributed by atoms with van der Waals surface area (Å²) >= 11 is 9.22. The Balaban J connectivity index is 1.61. The van der Waals surface area contributed by atoms with Crippen molar-refractivity contribution in [3.05, 3.63) is 33.1 Å². The molecule has 1 N–H and O–H groups in total. The van der Waals surface area contributed by atoms with E-state index in [1.807, 2.05) is 0 Å². The van der Waals surface area contributed by atoms with Crippen LogP contribution in [0.1, 0.15) is 35.3 Å². The first kappa shape index (κ1) is 21.4. The lowest BCUT2D eigenvalue weighted by atomic mass is 10.00. The molecule has 2 aromatic heterocycles. The number of β-amino-alcohol motifs (C(OH)–C–C–N with tert-alkyl or cyclic N) is 1. The number of hydrogen-bond acceptors (Lipinski definition) is 4. The Hall–Kier alpha value is -1.85. The molecule has 2 atom stereocenters. The quantitative estimate of drug-likeness (QED) is 0.675. The summed E-state index contributed by atoms with van der Waals surface area (Å²) in [4.78, 5) is 31.7. The van der Waals surface area contributed by atoms with E-state index in [1.165, 1.54) is 11.1 Å². The molecule has 2 aliphatic rings. The number of aliphatic hydroxyl groups is 1. The standard InChI is InChI=1S/C18H17BrClF3N4O3/c19-9-6-10(18(21,22)23)16-24-14(15(20)27(16)7-9)17(30)25-5-3-11(12(28)8-25)26-4-1-2-13(26)29/h6-7,11-12,28H,1-5,8H2. The van der Waals surface area contributed by atoms with Gasteiger partial charge in [-0.15, -0.1) is 0 Å². The number of carbonyl (C=O) groups is 2. The number of likely N-dealkylation sites (tertiary alicyclic amines) is 2. The largest absolute Gasteiger partial charge is 0.420 e. The molecule has 162 valence electrons. The fourth-order valence-electron chi connectivity index (χ4n) is 4.07. The number of aromatic nitrogens is 2. The third-order valence-electron chi connectivity index (χ3n) is 5.48. The van der Waals surface area contributed by atoms with Gasteiger partial charge in [-0.3, -0.25) is 14.0 Å². The molecule has 2 fully saturated rings. The molecule has 12 heteroatoms. The average molecular weight is 510 g/mol. The minimum atomic E-state index is -4.68. The number of pyridine rings is 1. The molecule has 2 saturated heterocycles. The van der Waals surface area contributed by atoms with Crippen LogP contribution in [0.3, 0.4) is 0 Å². The first-order chi connectivity index (χ1) is 14.1. The van der Waals surface area contributed by atoms with Gasteiger partial charge in [0.05, 0.1) is 17.7 Å². The van der Waals surface area contributed by atoms with Gasteiger partial charge in [-0.1, -0.05) is 11.6 Å². The van der Waals surface area contributed by atoms with Crippen LogP contribution in [0.2, 0.25) is 5.15 Å². The first-order valence-corrected chi connectivity index (χ1v) is 10.5. The van der Waals surface area contributed by atoms with Gasteiger partial charge in [0.1, 0.15) is 5.15 Å². The summed E-state index contributed by atoms with van der Waals surface area (Å²) in [6, 6.07) is 0.489. The number of halogens is 5. The van der Waals surface area contributed by atoms with Gasteiger partial charge >= 0.3 is 6.18 Å². The highest BCUT2D eigenvalue weighted by Gasteiger charge is 2.40.